The number of aliphatic hydroxyl groups is 1. The highest BCUT2D eigenvalue weighted by Crippen LogP contribution is 2.22. The Labute approximate surface area is 142 Å². The Hall–Kier alpha value is -2.20. The van der Waals surface area contributed by atoms with Crippen LogP contribution in [-0.4, -0.2) is 16.9 Å². The predicted molar refractivity (Wildman–Crippen MR) is 99.5 cm³/mol. The molecule has 0 spiro atoms. The lowest BCUT2D eigenvalue weighted by molar-refractivity contribution is 0.0793. The van der Waals surface area contributed by atoms with Crippen molar-refractivity contribution in [3.63, 3.8) is 0 Å². The number of aryl methyl sites for hydroxylation is 1. The van der Waals surface area contributed by atoms with Crippen molar-refractivity contribution in [1.82, 2.24) is 0 Å². The van der Waals surface area contributed by atoms with E-state index in [1.165, 1.54) is 5.56 Å². The second kappa shape index (κ2) is 7.14. The summed E-state index contributed by atoms with van der Waals surface area (Å²) >= 11 is 0. The summed E-state index contributed by atoms with van der Waals surface area (Å²) in [5.74, 6) is 0. The maximum atomic E-state index is 10.5. The standard InChI is InChI=1S/C21H24N2O/c22-21(23,20(24)14-13-16-7-2-1-3-8-16)15-18-11-6-10-17-9-4-5-12-19(17)18/h1-12,20,24H,13-15,22-23H2. The van der Waals surface area contributed by atoms with E-state index in [1.807, 2.05) is 54.6 Å². The van der Waals surface area contributed by atoms with Crippen molar-refractivity contribution >= 4 is 10.8 Å². The minimum Gasteiger partial charge on any atom is -0.390 e. The lowest BCUT2D eigenvalue weighted by Crippen LogP contribution is -2.60. The van der Waals surface area contributed by atoms with Gasteiger partial charge in [0.2, 0.25) is 0 Å². The van der Waals surface area contributed by atoms with Gasteiger partial charge in [0.05, 0.1) is 11.8 Å². The van der Waals surface area contributed by atoms with Crippen LogP contribution >= 0.6 is 0 Å². The molecule has 0 aliphatic rings. The Bertz CT molecular complexity index is 794. The fourth-order valence-electron chi connectivity index (χ4n) is 3.11. The molecule has 0 aliphatic carbocycles. The van der Waals surface area contributed by atoms with Crippen LogP contribution in [0.5, 0.6) is 0 Å². The van der Waals surface area contributed by atoms with Crippen LogP contribution in [0.25, 0.3) is 10.8 Å². The van der Waals surface area contributed by atoms with Crippen LogP contribution in [0.1, 0.15) is 17.5 Å². The SMILES string of the molecule is NC(N)(Cc1cccc2ccccc12)C(O)CCc1ccccc1. The van der Waals surface area contributed by atoms with Crippen molar-refractivity contribution < 1.29 is 5.11 Å². The fourth-order valence-corrected chi connectivity index (χ4v) is 3.11. The van der Waals surface area contributed by atoms with Gasteiger partial charge in [0, 0.05) is 6.42 Å². The van der Waals surface area contributed by atoms with Gasteiger partial charge in [-0.1, -0.05) is 72.8 Å². The molecule has 124 valence electrons. The summed E-state index contributed by atoms with van der Waals surface area (Å²) < 4.78 is 0. The van der Waals surface area contributed by atoms with Gasteiger partial charge >= 0.3 is 0 Å². The van der Waals surface area contributed by atoms with Crippen molar-refractivity contribution in [2.24, 2.45) is 11.5 Å². The highest BCUT2D eigenvalue weighted by Gasteiger charge is 2.29. The highest BCUT2D eigenvalue weighted by molar-refractivity contribution is 5.85. The van der Waals surface area contributed by atoms with Gasteiger partial charge in [0.15, 0.2) is 0 Å². The highest BCUT2D eigenvalue weighted by atomic mass is 16.3. The maximum absolute atomic E-state index is 10.5. The molecular weight excluding hydrogens is 296 g/mol. The van der Waals surface area contributed by atoms with Gasteiger partial charge < -0.3 is 16.6 Å². The third-order valence-corrected chi connectivity index (χ3v) is 4.55. The van der Waals surface area contributed by atoms with Crippen LogP contribution < -0.4 is 11.5 Å². The number of nitrogens with two attached hydrogens (primary N) is 2. The Morgan fingerprint density at radius 2 is 1.50 bits per heavy atom. The monoisotopic (exact) mass is 320 g/mol. The summed E-state index contributed by atoms with van der Waals surface area (Å²) in [6, 6.07) is 24.3. The van der Waals surface area contributed by atoms with Crippen LogP contribution in [0.15, 0.2) is 72.8 Å². The van der Waals surface area contributed by atoms with Gasteiger partial charge in [-0.25, -0.2) is 0 Å². The number of rotatable bonds is 6. The molecule has 3 heteroatoms. The number of hydrogen-bond donors (Lipinski definition) is 3. The second-order valence-electron chi connectivity index (χ2n) is 6.47. The van der Waals surface area contributed by atoms with Crippen LogP contribution in [-0.2, 0) is 12.8 Å². The summed E-state index contributed by atoms with van der Waals surface area (Å²) in [5.41, 5.74) is 13.6. The third-order valence-electron chi connectivity index (χ3n) is 4.55. The van der Waals surface area contributed by atoms with Crippen LogP contribution in [0, 0.1) is 0 Å². The summed E-state index contributed by atoms with van der Waals surface area (Å²) in [5, 5.41) is 12.8. The fraction of sp³-hybridized carbons (Fsp3) is 0.238. The van der Waals surface area contributed by atoms with Crippen molar-refractivity contribution in [2.75, 3.05) is 0 Å². The van der Waals surface area contributed by atoms with Crippen molar-refractivity contribution in [3.8, 4) is 0 Å². The molecular formula is C21H24N2O. The van der Waals surface area contributed by atoms with Crippen LogP contribution in [0.3, 0.4) is 0 Å². The maximum Gasteiger partial charge on any atom is 0.0945 e. The lowest BCUT2D eigenvalue weighted by Gasteiger charge is -2.31. The molecule has 0 aromatic heterocycles. The van der Waals surface area contributed by atoms with E-state index >= 15 is 0 Å². The summed E-state index contributed by atoms with van der Waals surface area (Å²) in [4.78, 5) is 0. The van der Waals surface area contributed by atoms with E-state index in [2.05, 4.69) is 18.2 Å². The van der Waals surface area contributed by atoms with Gasteiger partial charge in [-0.2, -0.15) is 0 Å². The van der Waals surface area contributed by atoms with E-state index in [4.69, 9.17) is 11.5 Å². The summed E-state index contributed by atoms with van der Waals surface area (Å²) in [6.45, 7) is 0. The van der Waals surface area contributed by atoms with Gasteiger partial charge in [-0.3, -0.25) is 0 Å². The van der Waals surface area contributed by atoms with Crippen LogP contribution in [0.2, 0.25) is 0 Å². The molecule has 3 rings (SSSR count). The summed E-state index contributed by atoms with van der Waals surface area (Å²) in [7, 11) is 0. The minimum absolute atomic E-state index is 0.435. The first kappa shape index (κ1) is 16.7. The molecule has 0 bridgehead atoms. The molecule has 5 N–H and O–H groups in total. The van der Waals surface area contributed by atoms with Crippen molar-refractivity contribution in [1.29, 1.82) is 0 Å². The lowest BCUT2D eigenvalue weighted by atomic mass is 9.90. The normalized spacial score (nSPS) is 13.1. The number of hydrogen-bond acceptors (Lipinski definition) is 3. The molecule has 0 aliphatic heterocycles. The van der Waals surface area contributed by atoms with Crippen molar-refractivity contribution in [2.45, 2.75) is 31.0 Å². The van der Waals surface area contributed by atoms with E-state index in [9.17, 15) is 5.11 Å². The molecule has 0 radical (unpaired) electrons. The number of fused-ring (bicyclic) bond motifs is 1. The van der Waals surface area contributed by atoms with Crippen molar-refractivity contribution in [3.05, 3.63) is 83.9 Å². The van der Waals surface area contributed by atoms with Gasteiger partial charge in [0.25, 0.3) is 0 Å². The first-order valence-corrected chi connectivity index (χ1v) is 8.33. The molecule has 1 atom stereocenters. The largest absolute Gasteiger partial charge is 0.390 e. The topological polar surface area (TPSA) is 72.3 Å². The first-order chi connectivity index (χ1) is 11.6. The molecule has 0 saturated carbocycles. The Kier molecular flexibility index (Phi) is 4.95. The zero-order valence-electron chi connectivity index (χ0n) is 13.7. The average Bonchev–Trinajstić information content (AvgIpc) is 2.60. The molecule has 0 fully saturated rings. The van der Waals surface area contributed by atoms with Crippen LogP contribution in [0.4, 0.5) is 0 Å². The van der Waals surface area contributed by atoms with Gasteiger partial charge in [0.1, 0.15) is 0 Å². The molecule has 24 heavy (non-hydrogen) atoms. The second-order valence-corrected chi connectivity index (χ2v) is 6.47. The molecule has 3 nitrogen and oxygen atoms in total. The van der Waals surface area contributed by atoms with E-state index in [1.54, 1.807) is 0 Å². The summed E-state index contributed by atoms with van der Waals surface area (Å²) in [6.07, 6.45) is 0.969. The van der Waals surface area contributed by atoms with Gasteiger partial charge in [-0.05, 0) is 34.7 Å². The molecule has 3 aromatic carbocycles. The molecule has 3 aromatic rings. The number of benzene rings is 3. The molecule has 0 heterocycles. The van der Waals surface area contributed by atoms with E-state index in [0.717, 1.165) is 22.8 Å². The molecule has 1 unspecified atom stereocenters. The van der Waals surface area contributed by atoms with Gasteiger partial charge in [-0.15, -0.1) is 0 Å². The Morgan fingerprint density at radius 1 is 0.833 bits per heavy atom. The predicted octanol–water partition coefficient (Wildman–Crippen LogP) is 2.99. The minimum atomic E-state index is -1.15. The van der Waals surface area contributed by atoms with E-state index in [-0.39, 0.29) is 0 Å². The van der Waals surface area contributed by atoms with E-state index < -0.39 is 11.8 Å². The third kappa shape index (κ3) is 3.82. The van der Waals surface area contributed by atoms with E-state index in [0.29, 0.717) is 12.8 Å². The Morgan fingerprint density at radius 3 is 2.29 bits per heavy atom. The quantitative estimate of drug-likeness (QED) is 0.611. The number of aliphatic hydroxyl groups excluding tert-OH is 1. The average molecular weight is 320 g/mol. The molecule has 0 saturated heterocycles. The Balaban J connectivity index is 1.72. The first-order valence-electron chi connectivity index (χ1n) is 8.33. The zero-order valence-corrected chi connectivity index (χ0v) is 13.7. The molecule has 0 amide bonds. The zero-order chi connectivity index (χ0) is 17.0. The smallest absolute Gasteiger partial charge is 0.0945 e.